The zero-order valence-electron chi connectivity index (χ0n) is 8.19. The van der Waals surface area contributed by atoms with Gasteiger partial charge in [0.25, 0.3) is 0 Å². The first-order chi connectivity index (χ1) is 6.99. The third-order valence-electron chi connectivity index (χ3n) is 1.76. The molecule has 1 atom stereocenters. The van der Waals surface area contributed by atoms with Crippen LogP contribution in [0.25, 0.3) is 0 Å². The molecule has 0 radical (unpaired) electrons. The van der Waals surface area contributed by atoms with Crippen molar-refractivity contribution in [2.45, 2.75) is 19.4 Å². The van der Waals surface area contributed by atoms with Crippen molar-refractivity contribution in [1.82, 2.24) is 5.32 Å². The van der Waals surface area contributed by atoms with Crippen LogP contribution >= 0.6 is 11.3 Å². The Hall–Kier alpha value is -1.56. The van der Waals surface area contributed by atoms with Crippen molar-refractivity contribution in [2.24, 2.45) is 0 Å². The molecule has 1 aromatic heterocycles. The fourth-order valence-corrected chi connectivity index (χ4v) is 1.98. The van der Waals surface area contributed by atoms with Crippen molar-refractivity contribution in [2.75, 3.05) is 5.73 Å². The number of anilines is 1. The zero-order chi connectivity index (χ0) is 11.4. The van der Waals surface area contributed by atoms with Crippen LogP contribution in [0.2, 0.25) is 0 Å². The third kappa shape index (κ3) is 3.59. The van der Waals surface area contributed by atoms with Gasteiger partial charge < -0.3 is 16.2 Å². The molecule has 0 saturated carbocycles. The molecule has 6 heteroatoms. The van der Waals surface area contributed by atoms with Gasteiger partial charge in [-0.2, -0.15) is 0 Å². The van der Waals surface area contributed by atoms with Gasteiger partial charge in [0.15, 0.2) is 0 Å². The van der Waals surface area contributed by atoms with E-state index in [0.717, 1.165) is 4.88 Å². The Balaban J connectivity index is 2.66. The maximum atomic E-state index is 10.8. The number of carboxylic acids is 1. The lowest BCUT2D eigenvalue weighted by Crippen LogP contribution is -2.40. The van der Waals surface area contributed by atoms with Gasteiger partial charge >= 0.3 is 5.97 Å². The molecular weight excluding hydrogens is 216 g/mol. The highest BCUT2D eigenvalue weighted by Crippen LogP contribution is 2.19. The molecule has 0 saturated heterocycles. The molecule has 82 valence electrons. The van der Waals surface area contributed by atoms with Crippen LogP contribution in [0.4, 0.5) is 5.00 Å². The van der Waals surface area contributed by atoms with Gasteiger partial charge in [0.1, 0.15) is 6.04 Å². The van der Waals surface area contributed by atoms with Gasteiger partial charge in [-0.3, -0.25) is 4.79 Å². The van der Waals surface area contributed by atoms with Crippen LogP contribution in [0.15, 0.2) is 12.1 Å². The second-order valence-corrected chi connectivity index (χ2v) is 4.30. The zero-order valence-corrected chi connectivity index (χ0v) is 9.00. The van der Waals surface area contributed by atoms with Crippen LogP contribution in [0, 0.1) is 0 Å². The summed E-state index contributed by atoms with van der Waals surface area (Å²) < 4.78 is 0. The second kappa shape index (κ2) is 4.79. The second-order valence-electron chi connectivity index (χ2n) is 3.10. The van der Waals surface area contributed by atoms with Gasteiger partial charge in [0, 0.05) is 18.2 Å². The largest absolute Gasteiger partial charge is 0.480 e. The smallest absolute Gasteiger partial charge is 0.326 e. The molecule has 0 spiro atoms. The molecule has 0 bridgehead atoms. The minimum Gasteiger partial charge on any atom is -0.480 e. The number of hydrogen-bond acceptors (Lipinski definition) is 4. The van der Waals surface area contributed by atoms with E-state index >= 15 is 0 Å². The van der Waals surface area contributed by atoms with Crippen LogP contribution < -0.4 is 11.1 Å². The topological polar surface area (TPSA) is 92.4 Å². The number of rotatable bonds is 4. The Morgan fingerprint density at radius 3 is 2.67 bits per heavy atom. The number of nitrogens with two attached hydrogens (primary N) is 1. The molecule has 0 aliphatic rings. The Morgan fingerprint density at radius 2 is 2.27 bits per heavy atom. The fourth-order valence-electron chi connectivity index (χ4n) is 1.15. The molecule has 1 aromatic rings. The maximum Gasteiger partial charge on any atom is 0.326 e. The molecule has 0 aliphatic heterocycles. The predicted octanol–water partition coefficient (Wildman–Crippen LogP) is 0.462. The number of carbonyl (C=O) groups is 2. The normalized spacial score (nSPS) is 12.1. The minimum absolute atomic E-state index is 0.261. The highest BCUT2D eigenvalue weighted by Gasteiger charge is 2.19. The lowest BCUT2D eigenvalue weighted by Gasteiger charge is -2.11. The summed E-state index contributed by atoms with van der Waals surface area (Å²) in [5.74, 6) is -1.40. The van der Waals surface area contributed by atoms with Crippen molar-refractivity contribution in [3.8, 4) is 0 Å². The van der Waals surface area contributed by atoms with E-state index in [1.54, 1.807) is 12.1 Å². The number of nitrogens with one attached hydrogen (secondary N) is 1. The maximum absolute atomic E-state index is 10.8. The van der Waals surface area contributed by atoms with Crippen LogP contribution in [-0.4, -0.2) is 23.0 Å². The van der Waals surface area contributed by atoms with Crippen LogP contribution in [0.1, 0.15) is 11.8 Å². The Labute approximate surface area is 90.9 Å². The molecule has 15 heavy (non-hydrogen) atoms. The summed E-state index contributed by atoms with van der Waals surface area (Å²) >= 11 is 1.32. The molecule has 0 fully saturated rings. The van der Waals surface area contributed by atoms with Crippen molar-refractivity contribution in [3.63, 3.8) is 0 Å². The lowest BCUT2D eigenvalue weighted by atomic mass is 10.2. The van der Waals surface area contributed by atoms with E-state index in [1.165, 1.54) is 18.3 Å². The fraction of sp³-hybridized carbons (Fsp3) is 0.333. The number of aliphatic carboxylic acids is 1. The molecule has 1 amide bonds. The molecule has 0 aromatic carbocycles. The first-order valence-corrected chi connectivity index (χ1v) is 5.15. The summed E-state index contributed by atoms with van der Waals surface area (Å²) in [7, 11) is 0. The van der Waals surface area contributed by atoms with E-state index in [2.05, 4.69) is 5.32 Å². The average Bonchev–Trinajstić information content (AvgIpc) is 2.49. The summed E-state index contributed by atoms with van der Waals surface area (Å²) in [4.78, 5) is 22.4. The summed E-state index contributed by atoms with van der Waals surface area (Å²) in [6.07, 6.45) is 0.261. The highest BCUT2D eigenvalue weighted by molar-refractivity contribution is 7.15. The molecular formula is C9H12N2O3S. The number of hydrogen-bond donors (Lipinski definition) is 3. The first-order valence-electron chi connectivity index (χ1n) is 4.33. The van der Waals surface area contributed by atoms with Gasteiger partial charge in [-0.25, -0.2) is 4.79 Å². The third-order valence-corrected chi connectivity index (χ3v) is 2.70. The van der Waals surface area contributed by atoms with E-state index in [-0.39, 0.29) is 12.3 Å². The average molecular weight is 228 g/mol. The van der Waals surface area contributed by atoms with Gasteiger partial charge in [-0.05, 0) is 12.1 Å². The van der Waals surface area contributed by atoms with E-state index < -0.39 is 12.0 Å². The number of carbonyl (C=O) groups excluding carboxylic acids is 1. The highest BCUT2D eigenvalue weighted by atomic mass is 32.1. The van der Waals surface area contributed by atoms with Gasteiger partial charge in [-0.1, -0.05) is 0 Å². The van der Waals surface area contributed by atoms with Gasteiger partial charge in [-0.15, -0.1) is 11.3 Å². The standard InChI is InChI=1S/C9H12N2O3S/c1-5(12)11-7(9(13)14)4-6-2-3-8(10)15-6/h2-3,7H,4,10H2,1H3,(H,11,12)(H,13,14)/t7-/m0/s1. The SMILES string of the molecule is CC(=O)N[C@@H](Cc1ccc(N)s1)C(=O)O. The molecule has 1 heterocycles. The number of nitrogen functional groups attached to an aromatic ring is 1. The molecule has 5 nitrogen and oxygen atoms in total. The van der Waals surface area contributed by atoms with Crippen LogP contribution in [-0.2, 0) is 16.0 Å². The van der Waals surface area contributed by atoms with Crippen molar-refractivity contribution < 1.29 is 14.7 Å². The Morgan fingerprint density at radius 1 is 1.60 bits per heavy atom. The van der Waals surface area contributed by atoms with E-state index in [4.69, 9.17) is 10.8 Å². The minimum atomic E-state index is -1.04. The van der Waals surface area contributed by atoms with E-state index in [1.807, 2.05) is 0 Å². The Kier molecular flexibility index (Phi) is 3.68. The van der Waals surface area contributed by atoms with Crippen LogP contribution in [0.3, 0.4) is 0 Å². The van der Waals surface area contributed by atoms with Crippen LogP contribution in [0.5, 0.6) is 0 Å². The monoisotopic (exact) mass is 228 g/mol. The Bertz CT molecular complexity index is 375. The summed E-state index contributed by atoms with van der Waals surface area (Å²) in [6.45, 7) is 1.29. The van der Waals surface area contributed by atoms with Gasteiger partial charge in [0.2, 0.25) is 5.91 Å². The van der Waals surface area contributed by atoms with Gasteiger partial charge in [0.05, 0.1) is 5.00 Å². The van der Waals surface area contributed by atoms with Crippen molar-refractivity contribution in [1.29, 1.82) is 0 Å². The number of carboxylic acid groups (broad SMARTS) is 1. The molecule has 0 aliphatic carbocycles. The summed E-state index contributed by atoms with van der Waals surface area (Å²) in [5, 5.41) is 11.8. The first kappa shape index (κ1) is 11.5. The summed E-state index contributed by atoms with van der Waals surface area (Å²) in [6, 6.07) is 2.59. The predicted molar refractivity (Wildman–Crippen MR) is 57.7 cm³/mol. The van der Waals surface area contributed by atoms with Crippen molar-refractivity contribution >= 4 is 28.2 Å². The lowest BCUT2D eigenvalue weighted by molar-refractivity contribution is -0.141. The summed E-state index contributed by atoms with van der Waals surface area (Å²) in [5.41, 5.74) is 5.52. The number of amides is 1. The van der Waals surface area contributed by atoms with E-state index in [0.29, 0.717) is 5.00 Å². The molecule has 1 rings (SSSR count). The van der Waals surface area contributed by atoms with Crippen molar-refractivity contribution in [3.05, 3.63) is 17.0 Å². The molecule has 4 N–H and O–H groups in total. The van der Waals surface area contributed by atoms with E-state index in [9.17, 15) is 9.59 Å². The number of thiophene rings is 1. The molecule has 0 unspecified atom stereocenters. The quantitative estimate of drug-likeness (QED) is 0.698.